The molecule has 0 bridgehead atoms. The summed E-state index contributed by atoms with van der Waals surface area (Å²) in [5.74, 6) is 0. The van der Waals surface area contributed by atoms with Crippen molar-refractivity contribution in [3.63, 3.8) is 0 Å². The Morgan fingerprint density at radius 3 is 2.18 bits per heavy atom. The number of halogens is 1. The topological polar surface area (TPSA) is 46.2 Å². The summed E-state index contributed by atoms with van der Waals surface area (Å²) in [6.45, 7) is 4.44. The van der Waals surface area contributed by atoms with E-state index in [9.17, 15) is 8.42 Å². The molecule has 68 valence electrons. The van der Waals surface area contributed by atoms with Gasteiger partial charge in [0.2, 0.25) is 10.0 Å². The van der Waals surface area contributed by atoms with Crippen LogP contribution in [0.25, 0.3) is 0 Å². The van der Waals surface area contributed by atoms with Crippen LogP contribution in [0.1, 0.15) is 13.8 Å². The number of hydrogen-bond donors (Lipinski definition) is 1. The van der Waals surface area contributed by atoms with Gasteiger partial charge in [0.1, 0.15) is 0 Å². The molecule has 11 heavy (non-hydrogen) atoms. The second kappa shape index (κ2) is 3.87. The molecule has 0 aliphatic heterocycles. The van der Waals surface area contributed by atoms with Crippen LogP contribution in [0.15, 0.2) is 0 Å². The van der Waals surface area contributed by atoms with Crippen molar-refractivity contribution in [2.24, 2.45) is 5.41 Å². The molecule has 0 rings (SSSR count). The molecule has 0 fully saturated rings. The third-order valence-corrected chi connectivity index (χ3v) is 3.36. The zero-order chi connectivity index (χ0) is 9.12. The van der Waals surface area contributed by atoms with Gasteiger partial charge in [-0.2, -0.15) is 0 Å². The maximum atomic E-state index is 10.7. The molecule has 0 aromatic carbocycles. The zero-order valence-corrected chi connectivity index (χ0v) is 9.42. The maximum absolute atomic E-state index is 10.7. The second-order valence-corrected chi connectivity index (χ2v) is 5.78. The number of sulfonamides is 1. The third kappa shape index (κ3) is 6.77. The second-order valence-electron chi connectivity index (χ2n) is 3.39. The van der Waals surface area contributed by atoms with E-state index in [1.807, 2.05) is 13.8 Å². The Bertz CT molecular complexity index is 211. The minimum absolute atomic E-state index is 0.0247. The summed E-state index contributed by atoms with van der Waals surface area (Å²) in [5, 5.41) is 0.780. The number of rotatable bonds is 4. The fourth-order valence-electron chi connectivity index (χ4n) is 0.374. The van der Waals surface area contributed by atoms with Crippen LogP contribution in [0, 0.1) is 5.41 Å². The smallest absolute Gasteiger partial charge is 0.208 e. The number of alkyl halides is 1. The van der Waals surface area contributed by atoms with Crippen LogP contribution in [0.4, 0.5) is 0 Å². The van der Waals surface area contributed by atoms with Crippen molar-refractivity contribution >= 4 is 26.0 Å². The van der Waals surface area contributed by atoms with Crippen LogP contribution < -0.4 is 4.72 Å². The molecule has 0 radical (unpaired) electrons. The highest BCUT2D eigenvalue weighted by Crippen LogP contribution is 2.16. The molecule has 0 unspecified atom stereocenters. The Morgan fingerprint density at radius 2 is 1.91 bits per heavy atom. The van der Waals surface area contributed by atoms with E-state index >= 15 is 0 Å². The minimum atomic E-state index is -3.04. The lowest BCUT2D eigenvalue weighted by Gasteiger charge is -2.20. The van der Waals surface area contributed by atoms with Crippen LogP contribution in [0.5, 0.6) is 0 Å². The Kier molecular flexibility index (Phi) is 4.00. The van der Waals surface area contributed by atoms with Crippen molar-refractivity contribution in [2.75, 3.05) is 18.1 Å². The first-order valence-electron chi connectivity index (χ1n) is 3.27. The summed E-state index contributed by atoms with van der Waals surface area (Å²) in [4.78, 5) is 0. The van der Waals surface area contributed by atoms with E-state index in [0.717, 1.165) is 11.6 Å². The summed E-state index contributed by atoms with van der Waals surface area (Å²) in [6.07, 6.45) is 1.16. The third-order valence-electron chi connectivity index (χ3n) is 1.17. The fraction of sp³-hybridized carbons (Fsp3) is 1.00. The summed E-state index contributed by atoms with van der Waals surface area (Å²) in [7, 11) is -3.04. The molecule has 3 nitrogen and oxygen atoms in total. The standard InChI is InChI=1S/C6H14BrNO2S/c1-6(2,4-7)5-8-11(3,9)10/h8H,4-5H2,1-3H3. The Hall–Kier alpha value is 0.390. The first kappa shape index (κ1) is 11.4. The van der Waals surface area contributed by atoms with Crippen LogP contribution in [-0.2, 0) is 10.0 Å². The van der Waals surface area contributed by atoms with Gasteiger partial charge < -0.3 is 0 Å². The monoisotopic (exact) mass is 243 g/mol. The van der Waals surface area contributed by atoms with Crippen LogP contribution >= 0.6 is 15.9 Å². The summed E-state index contributed by atoms with van der Waals surface area (Å²) < 4.78 is 23.8. The van der Waals surface area contributed by atoms with E-state index in [0.29, 0.717) is 6.54 Å². The lowest BCUT2D eigenvalue weighted by molar-refractivity contribution is 0.421. The van der Waals surface area contributed by atoms with Gasteiger partial charge in [-0.3, -0.25) is 0 Å². The molecular formula is C6H14BrNO2S. The molecule has 0 saturated heterocycles. The van der Waals surface area contributed by atoms with Crippen molar-refractivity contribution in [1.29, 1.82) is 0 Å². The van der Waals surface area contributed by atoms with Gasteiger partial charge in [0.05, 0.1) is 6.26 Å². The van der Waals surface area contributed by atoms with Gasteiger partial charge in [-0.25, -0.2) is 13.1 Å². The highest BCUT2D eigenvalue weighted by Gasteiger charge is 2.17. The van der Waals surface area contributed by atoms with Crippen LogP contribution in [-0.4, -0.2) is 26.5 Å². The highest BCUT2D eigenvalue weighted by molar-refractivity contribution is 9.09. The van der Waals surface area contributed by atoms with E-state index in [4.69, 9.17) is 0 Å². The van der Waals surface area contributed by atoms with E-state index in [1.165, 1.54) is 0 Å². The Balaban J connectivity index is 3.90. The summed E-state index contributed by atoms with van der Waals surface area (Å²) in [6, 6.07) is 0. The molecule has 5 heteroatoms. The molecule has 0 aliphatic rings. The predicted octanol–water partition coefficient (Wildman–Crippen LogP) is 0.957. The average molecular weight is 244 g/mol. The maximum Gasteiger partial charge on any atom is 0.208 e. The number of hydrogen-bond acceptors (Lipinski definition) is 2. The SMILES string of the molecule is CC(C)(CBr)CNS(C)(=O)=O. The van der Waals surface area contributed by atoms with Gasteiger partial charge in [-0.05, 0) is 5.41 Å². The van der Waals surface area contributed by atoms with Crippen molar-refractivity contribution in [1.82, 2.24) is 4.72 Å². The molecule has 0 aromatic heterocycles. The molecule has 0 aromatic rings. The summed E-state index contributed by atoms with van der Waals surface area (Å²) >= 11 is 3.30. The van der Waals surface area contributed by atoms with E-state index in [2.05, 4.69) is 20.7 Å². The first-order valence-corrected chi connectivity index (χ1v) is 6.29. The van der Waals surface area contributed by atoms with Crippen molar-refractivity contribution in [3.05, 3.63) is 0 Å². The van der Waals surface area contributed by atoms with E-state index in [-0.39, 0.29) is 5.41 Å². The fourth-order valence-corrected chi connectivity index (χ4v) is 1.22. The zero-order valence-electron chi connectivity index (χ0n) is 7.02. The van der Waals surface area contributed by atoms with Crippen molar-refractivity contribution in [2.45, 2.75) is 13.8 Å². The molecule has 0 aliphatic carbocycles. The van der Waals surface area contributed by atoms with Gasteiger partial charge in [0.15, 0.2) is 0 Å². The Labute approximate surface area is 76.7 Å². The first-order chi connectivity index (χ1) is 4.77. The van der Waals surface area contributed by atoms with Gasteiger partial charge in [0.25, 0.3) is 0 Å². The molecule has 0 heterocycles. The van der Waals surface area contributed by atoms with Gasteiger partial charge in [0, 0.05) is 11.9 Å². The van der Waals surface area contributed by atoms with Gasteiger partial charge in [-0.15, -0.1) is 0 Å². The lowest BCUT2D eigenvalue weighted by Crippen LogP contribution is -2.34. The molecule has 0 saturated carbocycles. The predicted molar refractivity (Wildman–Crippen MR) is 50.4 cm³/mol. The quantitative estimate of drug-likeness (QED) is 0.748. The largest absolute Gasteiger partial charge is 0.215 e. The average Bonchev–Trinajstić information content (AvgIpc) is 1.83. The van der Waals surface area contributed by atoms with E-state index < -0.39 is 10.0 Å². The van der Waals surface area contributed by atoms with E-state index in [1.54, 1.807) is 0 Å². The Morgan fingerprint density at radius 1 is 1.45 bits per heavy atom. The van der Waals surface area contributed by atoms with Gasteiger partial charge in [-0.1, -0.05) is 29.8 Å². The lowest BCUT2D eigenvalue weighted by atomic mass is 9.98. The molecule has 0 spiro atoms. The molecule has 0 amide bonds. The molecular weight excluding hydrogens is 230 g/mol. The molecule has 1 N–H and O–H groups in total. The number of nitrogens with one attached hydrogen (secondary N) is 1. The van der Waals surface area contributed by atoms with Crippen LogP contribution in [0.3, 0.4) is 0 Å². The molecule has 0 atom stereocenters. The van der Waals surface area contributed by atoms with Crippen molar-refractivity contribution < 1.29 is 8.42 Å². The normalized spacial score (nSPS) is 13.5. The highest BCUT2D eigenvalue weighted by atomic mass is 79.9. The minimum Gasteiger partial charge on any atom is -0.215 e. The van der Waals surface area contributed by atoms with Crippen LogP contribution in [0.2, 0.25) is 0 Å². The van der Waals surface area contributed by atoms with Gasteiger partial charge >= 0.3 is 0 Å². The van der Waals surface area contributed by atoms with Crippen molar-refractivity contribution in [3.8, 4) is 0 Å². The summed E-state index contributed by atoms with van der Waals surface area (Å²) in [5.41, 5.74) is -0.0247.